The third kappa shape index (κ3) is 4.85. The van der Waals surface area contributed by atoms with Crippen molar-refractivity contribution in [1.82, 2.24) is 20.1 Å². The minimum atomic E-state index is 0.426. The molecule has 0 saturated carbocycles. The van der Waals surface area contributed by atoms with Crippen LogP contribution in [-0.4, -0.2) is 20.1 Å². The van der Waals surface area contributed by atoms with Gasteiger partial charge in [0.1, 0.15) is 22.2 Å². The first-order valence-electron chi connectivity index (χ1n) is 7.91. The molecule has 0 unspecified atom stereocenters. The highest BCUT2D eigenvalue weighted by molar-refractivity contribution is 7.98. The largest absolute Gasteiger partial charge is 0.338 e. The van der Waals surface area contributed by atoms with E-state index < -0.39 is 0 Å². The lowest BCUT2D eigenvalue weighted by molar-refractivity contribution is 0.386. The fourth-order valence-corrected chi connectivity index (χ4v) is 3.84. The first-order valence-corrected chi connectivity index (χ1v) is 9.88. The smallest absolute Gasteiger partial charge is 0.237 e. The zero-order valence-corrected chi connectivity index (χ0v) is 16.3. The van der Waals surface area contributed by atoms with E-state index in [1.165, 1.54) is 23.5 Å². The van der Waals surface area contributed by atoms with E-state index in [0.29, 0.717) is 44.4 Å². The molecule has 9 heteroatoms. The summed E-state index contributed by atoms with van der Waals surface area (Å²) in [5.41, 5.74) is 2.74. The summed E-state index contributed by atoms with van der Waals surface area (Å²) in [5, 5.41) is 23.6. The van der Waals surface area contributed by atoms with Crippen LogP contribution in [0.25, 0.3) is 0 Å². The highest BCUT2D eigenvalue weighted by Gasteiger charge is 2.12. The molecule has 0 bridgehead atoms. The molecule has 27 heavy (non-hydrogen) atoms. The fourth-order valence-electron chi connectivity index (χ4n) is 2.13. The van der Waals surface area contributed by atoms with Crippen LogP contribution in [0.4, 0.5) is 0 Å². The molecule has 7 nitrogen and oxygen atoms in total. The monoisotopic (exact) mass is 394 g/mol. The summed E-state index contributed by atoms with van der Waals surface area (Å²) in [7, 11) is 0. The predicted molar refractivity (Wildman–Crippen MR) is 101 cm³/mol. The normalized spacial score (nSPS) is 10.4. The number of nitriles is 2. The molecular formula is C18H14N6OS2. The third-order valence-electron chi connectivity index (χ3n) is 3.42. The van der Waals surface area contributed by atoms with Gasteiger partial charge >= 0.3 is 0 Å². The van der Waals surface area contributed by atoms with E-state index >= 15 is 0 Å². The molecule has 0 radical (unpaired) electrons. The molecule has 0 aromatic carbocycles. The van der Waals surface area contributed by atoms with Gasteiger partial charge in [-0.3, -0.25) is 0 Å². The first-order chi connectivity index (χ1) is 13.1. The molecule has 3 aromatic rings. The molecule has 0 aliphatic heterocycles. The molecule has 0 spiro atoms. The summed E-state index contributed by atoms with van der Waals surface area (Å²) in [4.78, 5) is 13.1. The molecule has 134 valence electrons. The van der Waals surface area contributed by atoms with Crippen molar-refractivity contribution in [3.63, 3.8) is 0 Å². The summed E-state index contributed by atoms with van der Waals surface area (Å²) in [6, 6.07) is 11.4. The van der Waals surface area contributed by atoms with Crippen LogP contribution < -0.4 is 0 Å². The second-order valence-electron chi connectivity index (χ2n) is 5.52. The van der Waals surface area contributed by atoms with Crippen molar-refractivity contribution in [2.24, 2.45) is 0 Å². The van der Waals surface area contributed by atoms with E-state index in [1.54, 1.807) is 24.3 Å². The van der Waals surface area contributed by atoms with Crippen LogP contribution in [0.5, 0.6) is 0 Å². The van der Waals surface area contributed by atoms with Crippen molar-refractivity contribution in [3.05, 3.63) is 58.5 Å². The summed E-state index contributed by atoms with van der Waals surface area (Å²) < 4.78 is 5.27. The first kappa shape index (κ1) is 18.9. The van der Waals surface area contributed by atoms with Crippen LogP contribution in [0.3, 0.4) is 0 Å². The number of hydrogen-bond donors (Lipinski definition) is 0. The van der Waals surface area contributed by atoms with Crippen LogP contribution >= 0.6 is 23.5 Å². The lowest BCUT2D eigenvalue weighted by Gasteiger charge is -2.02. The lowest BCUT2D eigenvalue weighted by atomic mass is 10.3. The Labute approximate surface area is 164 Å². The van der Waals surface area contributed by atoms with Gasteiger partial charge in [0.25, 0.3) is 0 Å². The molecule has 0 amide bonds. The van der Waals surface area contributed by atoms with Gasteiger partial charge in [-0.15, -0.1) is 0 Å². The zero-order chi connectivity index (χ0) is 19.2. The highest BCUT2D eigenvalue weighted by atomic mass is 32.2. The maximum Gasteiger partial charge on any atom is 0.237 e. The highest BCUT2D eigenvalue weighted by Crippen LogP contribution is 2.26. The average Bonchev–Trinajstić information content (AvgIpc) is 3.13. The Morgan fingerprint density at radius 1 is 0.852 bits per heavy atom. The number of pyridine rings is 2. The van der Waals surface area contributed by atoms with Gasteiger partial charge in [-0.05, 0) is 38.1 Å². The molecule has 3 aromatic heterocycles. The fraction of sp³-hybridized carbons (Fsp3) is 0.222. The van der Waals surface area contributed by atoms with Gasteiger partial charge in [-0.25, -0.2) is 9.97 Å². The quantitative estimate of drug-likeness (QED) is 0.576. The topological polar surface area (TPSA) is 112 Å². The van der Waals surface area contributed by atoms with Crippen molar-refractivity contribution in [2.45, 2.75) is 35.4 Å². The number of nitrogens with zero attached hydrogens (tertiary/aromatic N) is 6. The van der Waals surface area contributed by atoms with Crippen LogP contribution in [0.1, 0.15) is 34.2 Å². The molecule has 0 N–H and O–H groups in total. The molecule has 3 rings (SSSR count). The standard InChI is InChI=1S/C18H14N6OS2/c1-11-3-5-13(7-19)17(21-11)26-9-15-23-16(25-24-15)10-27-18-14(8-20)6-4-12(2)22-18/h3-6H,9-10H2,1-2H3. The van der Waals surface area contributed by atoms with E-state index in [-0.39, 0.29) is 0 Å². The van der Waals surface area contributed by atoms with Crippen LogP contribution in [-0.2, 0) is 11.5 Å². The van der Waals surface area contributed by atoms with Crippen molar-refractivity contribution in [1.29, 1.82) is 10.5 Å². The molecule has 0 saturated heterocycles. The number of rotatable bonds is 6. The minimum absolute atomic E-state index is 0.426. The van der Waals surface area contributed by atoms with Gasteiger partial charge < -0.3 is 4.52 Å². The molecule has 3 heterocycles. The van der Waals surface area contributed by atoms with E-state index in [4.69, 9.17) is 15.0 Å². The average molecular weight is 394 g/mol. The Kier molecular flexibility index (Phi) is 6.07. The molecule has 0 atom stereocenters. The third-order valence-corrected chi connectivity index (χ3v) is 5.38. The summed E-state index contributed by atoms with van der Waals surface area (Å²) in [6.07, 6.45) is 0. The number of aryl methyl sites for hydroxylation is 2. The van der Waals surface area contributed by atoms with E-state index in [0.717, 1.165) is 11.4 Å². The van der Waals surface area contributed by atoms with Crippen molar-refractivity contribution < 1.29 is 4.52 Å². The summed E-state index contributed by atoms with van der Waals surface area (Å²) in [5.74, 6) is 1.86. The number of thioether (sulfide) groups is 2. The van der Waals surface area contributed by atoms with Crippen LogP contribution in [0, 0.1) is 36.5 Å². The van der Waals surface area contributed by atoms with Gasteiger partial charge in [-0.1, -0.05) is 28.7 Å². The van der Waals surface area contributed by atoms with Gasteiger partial charge in [0.15, 0.2) is 5.82 Å². The summed E-state index contributed by atoms with van der Waals surface area (Å²) in [6.45, 7) is 3.76. The second-order valence-corrected chi connectivity index (χ2v) is 7.44. The van der Waals surface area contributed by atoms with Gasteiger partial charge in [0, 0.05) is 11.4 Å². The maximum absolute atomic E-state index is 9.17. The molecular weight excluding hydrogens is 380 g/mol. The zero-order valence-electron chi connectivity index (χ0n) is 14.6. The number of aromatic nitrogens is 4. The van der Waals surface area contributed by atoms with Gasteiger partial charge in [0.05, 0.1) is 22.6 Å². The lowest BCUT2D eigenvalue weighted by Crippen LogP contribution is -1.92. The molecule has 0 aliphatic carbocycles. The van der Waals surface area contributed by atoms with Crippen LogP contribution in [0.15, 0.2) is 38.8 Å². The second kappa shape index (κ2) is 8.67. The van der Waals surface area contributed by atoms with E-state index in [9.17, 15) is 0 Å². The molecule has 0 fully saturated rings. The van der Waals surface area contributed by atoms with Gasteiger partial charge in [0.2, 0.25) is 5.89 Å². The Hall–Kier alpha value is -2.88. The van der Waals surface area contributed by atoms with Crippen molar-refractivity contribution >= 4 is 23.5 Å². The Morgan fingerprint density at radius 3 is 1.96 bits per heavy atom. The predicted octanol–water partition coefficient (Wildman–Crippen LogP) is 3.80. The Morgan fingerprint density at radius 2 is 1.41 bits per heavy atom. The van der Waals surface area contributed by atoms with E-state index in [1.807, 2.05) is 13.8 Å². The summed E-state index contributed by atoms with van der Waals surface area (Å²) >= 11 is 2.78. The Bertz CT molecular complexity index is 969. The SMILES string of the molecule is Cc1ccc(C#N)c(SCc2noc(CSc3nc(C)ccc3C#N)n2)n1. The minimum Gasteiger partial charge on any atom is -0.338 e. The van der Waals surface area contributed by atoms with Gasteiger partial charge in [-0.2, -0.15) is 15.5 Å². The van der Waals surface area contributed by atoms with E-state index in [2.05, 4.69) is 32.2 Å². The molecule has 0 aliphatic rings. The Balaban J connectivity index is 1.63. The number of hydrogen-bond acceptors (Lipinski definition) is 9. The van der Waals surface area contributed by atoms with Crippen molar-refractivity contribution in [3.8, 4) is 12.1 Å². The van der Waals surface area contributed by atoms with Crippen molar-refractivity contribution in [2.75, 3.05) is 0 Å². The van der Waals surface area contributed by atoms with Crippen LogP contribution in [0.2, 0.25) is 0 Å². The maximum atomic E-state index is 9.17.